The van der Waals surface area contributed by atoms with Crippen LogP contribution in [0.1, 0.15) is 62.7 Å². The van der Waals surface area contributed by atoms with Gasteiger partial charge in [0.25, 0.3) is 0 Å². The summed E-state index contributed by atoms with van der Waals surface area (Å²) in [6, 6.07) is 12.3. The first-order chi connectivity index (χ1) is 19.6. The average molecular weight is 606 g/mol. The van der Waals surface area contributed by atoms with Gasteiger partial charge >= 0.3 is 5.97 Å². The van der Waals surface area contributed by atoms with Crippen LogP contribution in [-0.2, 0) is 29.6 Å². The topological polar surface area (TPSA) is 130 Å². The molecule has 12 heteroatoms. The lowest BCUT2D eigenvalue weighted by atomic mass is 9.98. The van der Waals surface area contributed by atoms with Crippen molar-refractivity contribution >= 4 is 37.5 Å². The summed E-state index contributed by atoms with van der Waals surface area (Å²) < 4.78 is 60.9. The Morgan fingerprint density at radius 2 is 1.59 bits per heavy atom. The van der Waals surface area contributed by atoms with Crippen molar-refractivity contribution in [3.8, 4) is 0 Å². The van der Waals surface area contributed by atoms with Crippen LogP contribution in [0.5, 0.6) is 0 Å². The molecule has 2 aromatic rings. The molecule has 0 saturated carbocycles. The predicted octanol–water partition coefficient (Wildman–Crippen LogP) is 3.90. The fraction of sp³-hybridized carbons (Fsp3) is 0.517. The lowest BCUT2D eigenvalue weighted by Gasteiger charge is -2.34. The molecule has 2 heterocycles. The van der Waals surface area contributed by atoms with E-state index in [1.54, 1.807) is 41.6 Å². The van der Waals surface area contributed by atoms with Gasteiger partial charge in [-0.25, -0.2) is 16.8 Å². The molecule has 0 aliphatic carbocycles. The van der Waals surface area contributed by atoms with Crippen LogP contribution in [0.2, 0.25) is 0 Å². The molecule has 0 aromatic heterocycles. The minimum atomic E-state index is -3.83. The highest BCUT2D eigenvalue weighted by molar-refractivity contribution is 7.89. The second-order valence-corrected chi connectivity index (χ2v) is 14.3. The zero-order valence-electron chi connectivity index (χ0n) is 23.6. The van der Waals surface area contributed by atoms with Crippen LogP contribution in [0.15, 0.2) is 58.3 Å². The lowest BCUT2D eigenvalue weighted by molar-refractivity contribution is -0.149. The van der Waals surface area contributed by atoms with Gasteiger partial charge in [-0.05, 0) is 75.4 Å². The third-order valence-corrected chi connectivity index (χ3v) is 11.7. The Hall–Kier alpha value is -2.80. The Kier molecular flexibility index (Phi) is 10.2. The smallest absolute Gasteiger partial charge is 0.309 e. The summed E-state index contributed by atoms with van der Waals surface area (Å²) in [4.78, 5) is 25.2. The van der Waals surface area contributed by atoms with Crippen LogP contribution in [0, 0.1) is 5.92 Å². The van der Waals surface area contributed by atoms with Crippen LogP contribution in [0.3, 0.4) is 0 Å². The lowest BCUT2D eigenvalue weighted by Crippen LogP contribution is -2.43. The molecular formula is C29H39N3O7S2. The van der Waals surface area contributed by atoms with E-state index in [2.05, 4.69) is 5.32 Å². The van der Waals surface area contributed by atoms with E-state index in [-0.39, 0.29) is 58.7 Å². The highest BCUT2D eigenvalue weighted by atomic mass is 32.2. The summed E-state index contributed by atoms with van der Waals surface area (Å²) in [7, 11) is -7.43. The summed E-state index contributed by atoms with van der Waals surface area (Å²) in [6.07, 6.45) is 4.31. The van der Waals surface area contributed by atoms with Gasteiger partial charge in [0.2, 0.25) is 20.0 Å². The number of sulfonamides is 2. The number of hydrogen-bond donors (Lipinski definition) is 1. The number of Topliss-reactive ketones (excluding diaryl/α,β-unsaturated/α-hetero) is 1. The van der Waals surface area contributed by atoms with E-state index in [0.29, 0.717) is 31.7 Å². The van der Waals surface area contributed by atoms with Crippen molar-refractivity contribution < 1.29 is 31.2 Å². The van der Waals surface area contributed by atoms with Crippen molar-refractivity contribution in [3.05, 3.63) is 54.1 Å². The number of rotatable bonds is 11. The van der Waals surface area contributed by atoms with Crippen LogP contribution in [0.25, 0.3) is 0 Å². The van der Waals surface area contributed by atoms with E-state index in [1.807, 2.05) is 6.92 Å². The van der Waals surface area contributed by atoms with Gasteiger partial charge in [0.1, 0.15) is 0 Å². The van der Waals surface area contributed by atoms with Gasteiger partial charge in [0.05, 0.1) is 28.9 Å². The number of hydrogen-bond acceptors (Lipinski definition) is 8. The maximum absolute atomic E-state index is 13.2. The Balaban J connectivity index is 1.37. The van der Waals surface area contributed by atoms with Crippen LogP contribution < -0.4 is 5.32 Å². The fourth-order valence-corrected chi connectivity index (χ4v) is 8.72. The van der Waals surface area contributed by atoms with Crippen molar-refractivity contribution in [1.29, 1.82) is 0 Å². The number of ether oxygens (including phenoxy) is 1. The van der Waals surface area contributed by atoms with Crippen LogP contribution >= 0.6 is 0 Å². The molecule has 1 N–H and O–H groups in total. The molecule has 1 unspecified atom stereocenters. The number of nitrogens with one attached hydrogen (secondary N) is 1. The maximum Gasteiger partial charge on any atom is 0.309 e. The van der Waals surface area contributed by atoms with E-state index in [9.17, 15) is 26.4 Å². The quantitative estimate of drug-likeness (QED) is 0.302. The van der Waals surface area contributed by atoms with Crippen molar-refractivity contribution in [1.82, 2.24) is 8.61 Å². The molecule has 2 saturated heterocycles. The molecule has 0 amide bonds. The number of anilines is 1. The van der Waals surface area contributed by atoms with Crippen molar-refractivity contribution in [2.75, 3.05) is 38.1 Å². The number of carbonyl (C=O) groups excluding carboxylic acids is 2. The van der Waals surface area contributed by atoms with E-state index in [1.165, 1.54) is 22.5 Å². The molecule has 1 atom stereocenters. The number of esters is 1. The van der Waals surface area contributed by atoms with Gasteiger partial charge in [-0.1, -0.05) is 25.5 Å². The maximum atomic E-state index is 13.2. The first kappa shape index (κ1) is 31.1. The van der Waals surface area contributed by atoms with E-state index < -0.39 is 20.0 Å². The van der Waals surface area contributed by atoms with Gasteiger partial charge in [0, 0.05) is 36.9 Å². The minimum absolute atomic E-state index is 0.0141. The van der Waals surface area contributed by atoms with Crippen molar-refractivity contribution in [3.63, 3.8) is 0 Å². The molecule has 0 spiro atoms. The van der Waals surface area contributed by atoms with Crippen LogP contribution in [0.4, 0.5) is 5.69 Å². The fourth-order valence-electron chi connectivity index (χ4n) is 5.43. The molecule has 0 bridgehead atoms. The van der Waals surface area contributed by atoms with Gasteiger partial charge in [0.15, 0.2) is 5.78 Å². The summed E-state index contributed by atoms with van der Waals surface area (Å²) in [5, 5.41) is 3.01. The zero-order valence-corrected chi connectivity index (χ0v) is 25.3. The molecule has 2 aromatic carbocycles. The molecule has 10 nitrogen and oxygen atoms in total. The molecule has 0 radical (unpaired) electrons. The molecule has 2 aliphatic rings. The molecular weight excluding hydrogens is 566 g/mol. The molecule has 2 fully saturated rings. The Bertz CT molecular complexity index is 1440. The Labute approximate surface area is 243 Å². The van der Waals surface area contributed by atoms with Gasteiger partial charge in [-0.15, -0.1) is 0 Å². The number of carbonyl (C=O) groups is 2. The third kappa shape index (κ3) is 7.17. The van der Waals surface area contributed by atoms with Crippen molar-refractivity contribution in [2.24, 2.45) is 5.92 Å². The first-order valence-electron chi connectivity index (χ1n) is 14.2. The highest BCUT2D eigenvalue weighted by Gasteiger charge is 2.34. The summed E-state index contributed by atoms with van der Waals surface area (Å²) in [6.45, 7) is 4.87. The zero-order chi connectivity index (χ0) is 29.6. The first-order valence-corrected chi connectivity index (χ1v) is 17.1. The summed E-state index contributed by atoms with van der Waals surface area (Å²) >= 11 is 0. The van der Waals surface area contributed by atoms with Gasteiger partial charge in [-0.2, -0.15) is 8.61 Å². The standard InChI is InChI=1S/C29H39N3O7S2/c1-3-25-9-5-6-17-32(25)41(37,38)26-13-11-24(12-14-26)30-21-28(33)23-8-7-10-27(20-23)40(35,36)31-18-15-22(16-19-31)29(34)39-4-2/h7-8,10-14,20,22,25,30H,3-6,9,15-19,21H2,1-2H3. The predicted molar refractivity (Wildman–Crippen MR) is 156 cm³/mol. The monoisotopic (exact) mass is 605 g/mol. The van der Waals surface area contributed by atoms with Gasteiger partial charge in [-0.3, -0.25) is 9.59 Å². The Morgan fingerprint density at radius 3 is 2.24 bits per heavy atom. The van der Waals surface area contributed by atoms with E-state index in [0.717, 1.165) is 25.7 Å². The second kappa shape index (κ2) is 13.5. The van der Waals surface area contributed by atoms with Crippen molar-refractivity contribution in [2.45, 2.75) is 68.2 Å². The third-order valence-electron chi connectivity index (χ3n) is 7.83. The number of benzene rings is 2. The second-order valence-electron chi connectivity index (χ2n) is 10.4. The molecule has 2 aliphatic heterocycles. The average Bonchev–Trinajstić information content (AvgIpc) is 3.00. The normalized spacial score (nSPS) is 19.5. The number of piperidine rings is 2. The summed E-state index contributed by atoms with van der Waals surface area (Å²) in [5.74, 6) is -0.917. The summed E-state index contributed by atoms with van der Waals surface area (Å²) in [5.41, 5.74) is 0.825. The molecule has 4 rings (SSSR count). The minimum Gasteiger partial charge on any atom is -0.466 e. The number of ketones is 1. The van der Waals surface area contributed by atoms with Crippen LogP contribution in [-0.4, -0.2) is 76.0 Å². The Morgan fingerprint density at radius 1 is 0.878 bits per heavy atom. The SMILES string of the molecule is CCOC(=O)C1CCN(S(=O)(=O)c2cccc(C(=O)CNc3ccc(S(=O)(=O)N4CCCCC4CC)cc3)c2)CC1. The van der Waals surface area contributed by atoms with E-state index >= 15 is 0 Å². The number of nitrogens with zero attached hydrogens (tertiary/aromatic N) is 2. The highest BCUT2D eigenvalue weighted by Crippen LogP contribution is 2.28. The van der Waals surface area contributed by atoms with Gasteiger partial charge < -0.3 is 10.1 Å². The molecule has 224 valence electrons. The van der Waals surface area contributed by atoms with E-state index in [4.69, 9.17) is 4.74 Å². The largest absolute Gasteiger partial charge is 0.466 e. The molecule has 41 heavy (non-hydrogen) atoms.